The average Bonchev–Trinajstić information content (AvgIpc) is 2.15. The molecule has 0 bridgehead atoms. The molecule has 0 aromatic carbocycles. The van der Waals surface area contributed by atoms with E-state index < -0.39 is 9.05 Å². The van der Waals surface area contributed by atoms with Gasteiger partial charge in [0.2, 0.25) is 0 Å². The summed E-state index contributed by atoms with van der Waals surface area (Å²) in [5.41, 5.74) is 0. The van der Waals surface area contributed by atoms with E-state index >= 15 is 0 Å². The third-order valence-corrected chi connectivity index (χ3v) is 3.42. The van der Waals surface area contributed by atoms with Crippen molar-refractivity contribution in [3.05, 3.63) is 0 Å². The molecule has 0 saturated carbocycles. The first-order valence-corrected chi connectivity index (χ1v) is 5.64. The molecule has 0 heterocycles. The van der Waals surface area contributed by atoms with E-state index in [1.165, 1.54) is 21.3 Å². The summed E-state index contributed by atoms with van der Waals surface area (Å²) in [4.78, 5) is 11.1. The summed E-state index contributed by atoms with van der Waals surface area (Å²) < 4.78 is 19.7. The number of hydrogen-bond donors (Lipinski definition) is 0. The van der Waals surface area contributed by atoms with Crippen molar-refractivity contribution in [3.63, 3.8) is 0 Å². The standard InChI is InChI=1S/C7H16O5Si/c1-5-6-7(8)12-13(9-2,10-3)11-4/h5-6H2,1-4H3. The summed E-state index contributed by atoms with van der Waals surface area (Å²) >= 11 is 0. The molecule has 0 aromatic rings. The molecule has 0 aliphatic heterocycles. The van der Waals surface area contributed by atoms with Gasteiger partial charge in [0.1, 0.15) is 0 Å². The maximum absolute atomic E-state index is 11.1. The van der Waals surface area contributed by atoms with Gasteiger partial charge in [-0.25, -0.2) is 0 Å². The normalized spacial score (nSPS) is 11.4. The molecular formula is C7H16O5Si. The Labute approximate surface area is 79.4 Å². The topological polar surface area (TPSA) is 54.0 Å². The summed E-state index contributed by atoms with van der Waals surface area (Å²) in [6, 6.07) is 0. The maximum Gasteiger partial charge on any atom is 0.750 e. The first-order chi connectivity index (χ1) is 6.14. The molecule has 13 heavy (non-hydrogen) atoms. The molecule has 0 atom stereocenters. The average molecular weight is 208 g/mol. The highest BCUT2D eigenvalue weighted by Crippen LogP contribution is 2.09. The van der Waals surface area contributed by atoms with Crippen LogP contribution in [0.25, 0.3) is 0 Å². The third kappa shape index (κ3) is 3.86. The highest BCUT2D eigenvalue weighted by Gasteiger charge is 2.46. The van der Waals surface area contributed by atoms with Crippen molar-refractivity contribution in [1.82, 2.24) is 0 Å². The monoisotopic (exact) mass is 208 g/mol. The predicted molar refractivity (Wildman–Crippen MR) is 47.8 cm³/mol. The number of rotatable bonds is 6. The van der Waals surface area contributed by atoms with Crippen molar-refractivity contribution in [3.8, 4) is 0 Å². The van der Waals surface area contributed by atoms with Gasteiger partial charge in [-0.2, -0.15) is 0 Å². The zero-order valence-corrected chi connectivity index (χ0v) is 9.46. The van der Waals surface area contributed by atoms with Crippen molar-refractivity contribution in [2.45, 2.75) is 19.8 Å². The Balaban J connectivity index is 4.16. The van der Waals surface area contributed by atoms with Gasteiger partial charge in [0.15, 0.2) is 0 Å². The summed E-state index contributed by atoms with van der Waals surface area (Å²) in [7, 11) is 0.995. The minimum Gasteiger partial charge on any atom is -0.452 e. The lowest BCUT2D eigenvalue weighted by Gasteiger charge is -2.21. The van der Waals surface area contributed by atoms with Crippen LogP contribution < -0.4 is 0 Å². The van der Waals surface area contributed by atoms with E-state index in [-0.39, 0.29) is 5.97 Å². The zero-order valence-electron chi connectivity index (χ0n) is 8.46. The highest BCUT2D eigenvalue weighted by molar-refractivity contribution is 6.55. The molecule has 0 unspecified atom stereocenters. The summed E-state index contributed by atoms with van der Waals surface area (Å²) in [5.74, 6) is -0.361. The molecule has 0 radical (unpaired) electrons. The second kappa shape index (κ2) is 6.09. The fourth-order valence-corrected chi connectivity index (χ4v) is 1.90. The lowest BCUT2D eigenvalue weighted by atomic mass is 10.4. The first-order valence-electron chi connectivity index (χ1n) is 4.01. The van der Waals surface area contributed by atoms with Gasteiger partial charge in [-0.05, 0) is 6.42 Å². The molecule has 0 N–H and O–H groups in total. The maximum atomic E-state index is 11.1. The first kappa shape index (κ1) is 12.6. The minimum absolute atomic E-state index is 0.338. The van der Waals surface area contributed by atoms with Gasteiger partial charge in [0, 0.05) is 27.8 Å². The Morgan fingerprint density at radius 2 is 1.62 bits per heavy atom. The molecular weight excluding hydrogens is 192 g/mol. The van der Waals surface area contributed by atoms with Crippen molar-refractivity contribution in [2.75, 3.05) is 21.3 Å². The van der Waals surface area contributed by atoms with Crippen LogP contribution in [-0.4, -0.2) is 36.3 Å². The van der Waals surface area contributed by atoms with E-state index in [0.29, 0.717) is 6.42 Å². The second-order valence-electron chi connectivity index (χ2n) is 2.34. The van der Waals surface area contributed by atoms with Gasteiger partial charge in [-0.3, -0.25) is 4.79 Å². The molecule has 0 aromatic heterocycles. The van der Waals surface area contributed by atoms with E-state index in [1.54, 1.807) is 0 Å². The van der Waals surface area contributed by atoms with E-state index in [2.05, 4.69) is 0 Å². The molecule has 5 nitrogen and oxygen atoms in total. The van der Waals surface area contributed by atoms with Crippen LogP contribution in [-0.2, 0) is 22.5 Å². The second-order valence-corrected chi connectivity index (χ2v) is 4.77. The molecule has 0 aliphatic rings. The molecule has 6 heteroatoms. The van der Waals surface area contributed by atoms with Gasteiger partial charge in [0.05, 0.1) is 0 Å². The van der Waals surface area contributed by atoms with Gasteiger partial charge in [-0.15, -0.1) is 0 Å². The Hall–Kier alpha value is -0.433. The van der Waals surface area contributed by atoms with Crippen LogP contribution in [0.5, 0.6) is 0 Å². The van der Waals surface area contributed by atoms with E-state index in [0.717, 1.165) is 6.42 Å². The summed E-state index contributed by atoms with van der Waals surface area (Å²) in [5, 5.41) is 0. The number of hydrogen-bond acceptors (Lipinski definition) is 5. The van der Waals surface area contributed by atoms with Gasteiger partial charge in [0.25, 0.3) is 5.97 Å². The Kier molecular flexibility index (Phi) is 5.88. The van der Waals surface area contributed by atoms with Crippen molar-refractivity contribution >= 4 is 15.0 Å². The fraction of sp³-hybridized carbons (Fsp3) is 0.857. The number of carbonyl (C=O) groups excluding carboxylic acids is 1. The molecule has 0 rings (SSSR count). The predicted octanol–water partition coefficient (Wildman–Crippen LogP) is 0.704. The van der Waals surface area contributed by atoms with Crippen LogP contribution in [0.4, 0.5) is 0 Å². The van der Waals surface area contributed by atoms with E-state index in [1.807, 2.05) is 6.92 Å². The van der Waals surface area contributed by atoms with Crippen molar-refractivity contribution in [2.24, 2.45) is 0 Å². The van der Waals surface area contributed by atoms with Gasteiger partial charge in [-0.1, -0.05) is 6.92 Å². The van der Waals surface area contributed by atoms with E-state index in [4.69, 9.17) is 17.7 Å². The Morgan fingerprint density at radius 1 is 1.15 bits per heavy atom. The van der Waals surface area contributed by atoms with Gasteiger partial charge < -0.3 is 17.7 Å². The molecule has 0 aliphatic carbocycles. The van der Waals surface area contributed by atoms with Crippen molar-refractivity contribution < 1.29 is 22.5 Å². The van der Waals surface area contributed by atoms with Crippen LogP contribution in [0.2, 0.25) is 0 Å². The summed E-state index contributed by atoms with van der Waals surface area (Å²) in [6.45, 7) is 1.89. The van der Waals surface area contributed by atoms with Crippen LogP contribution in [0, 0.1) is 0 Å². The van der Waals surface area contributed by atoms with Gasteiger partial charge >= 0.3 is 9.05 Å². The third-order valence-electron chi connectivity index (χ3n) is 1.44. The van der Waals surface area contributed by atoms with E-state index in [9.17, 15) is 4.79 Å². The molecule has 0 amide bonds. The largest absolute Gasteiger partial charge is 0.750 e. The molecule has 0 saturated heterocycles. The summed E-state index contributed by atoms with van der Waals surface area (Å²) in [6.07, 6.45) is 1.06. The van der Waals surface area contributed by atoms with Crippen molar-refractivity contribution in [1.29, 1.82) is 0 Å². The smallest absolute Gasteiger partial charge is 0.452 e. The fourth-order valence-electron chi connectivity index (χ4n) is 0.770. The molecule has 0 fully saturated rings. The lowest BCUT2D eigenvalue weighted by molar-refractivity contribution is -0.142. The highest BCUT2D eigenvalue weighted by atomic mass is 28.4. The Bertz CT molecular complexity index is 149. The minimum atomic E-state index is -3.17. The van der Waals surface area contributed by atoms with Crippen LogP contribution in [0.3, 0.4) is 0 Å². The SMILES string of the molecule is CCCC(=O)O[Si](OC)(OC)OC. The molecule has 78 valence electrons. The van der Waals surface area contributed by atoms with Crippen LogP contribution in [0.1, 0.15) is 19.8 Å². The zero-order chi connectivity index (χ0) is 10.3. The lowest BCUT2D eigenvalue weighted by Crippen LogP contribution is -2.47. The number of carbonyl (C=O) groups is 1. The van der Waals surface area contributed by atoms with Crippen LogP contribution >= 0.6 is 0 Å². The quantitative estimate of drug-likeness (QED) is 0.601. The van der Waals surface area contributed by atoms with Crippen LogP contribution in [0.15, 0.2) is 0 Å². The Morgan fingerprint density at radius 3 is 1.92 bits per heavy atom. The molecule has 0 spiro atoms.